The van der Waals surface area contributed by atoms with Crippen molar-refractivity contribution in [2.45, 2.75) is 32.7 Å². The molecule has 1 aromatic rings. The highest BCUT2D eigenvalue weighted by Crippen LogP contribution is 2.34. The van der Waals surface area contributed by atoms with E-state index in [0.29, 0.717) is 23.7 Å². The van der Waals surface area contributed by atoms with Gasteiger partial charge in [0.05, 0.1) is 17.5 Å². The molecule has 0 saturated carbocycles. The van der Waals surface area contributed by atoms with Gasteiger partial charge in [-0.3, -0.25) is 9.69 Å². The molecule has 1 heterocycles. The van der Waals surface area contributed by atoms with E-state index in [-0.39, 0.29) is 0 Å². The summed E-state index contributed by atoms with van der Waals surface area (Å²) >= 11 is 6.14. The van der Waals surface area contributed by atoms with Crippen molar-refractivity contribution in [3.63, 3.8) is 0 Å². The Hall–Kier alpha value is -1.26. The first-order valence-electron chi connectivity index (χ1n) is 7.29. The number of likely N-dealkylation sites (tertiary alicyclic amines) is 1. The van der Waals surface area contributed by atoms with Crippen LogP contribution in [0, 0.1) is 5.41 Å². The third kappa shape index (κ3) is 3.50. The molecule has 0 aliphatic carbocycles. The van der Waals surface area contributed by atoms with E-state index in [1.165, 1.54) is 0 Å². The van der Waals surface area contributed by atoms with Crippen LogP contribution in [0.3, 0.4) is 0 Å². The van der Waals surface area contributed by atoms with Crippen LogP contribution in [0.5, 0.6) is 5.75 Å². The Balaban J connectivity index is 2.09. The molecule has 1 aliphatic heterocycles. The third-order valence-corrected chi connectivity index (χ3v) is 4.70. The standard InChI is InChI=1S/C16H22ClNO3/c1-3-16(15(19)20)7-4-8-18(11-16)10-12-5-6-14(21-2)13(17)9-12/h5-6,9H,3-4,7-8,10-11H2,1-2H3,(H,19,20). The Morgan fingerprint density at radius 3 is 2.86 bits per heavy atom. The highest BCUT2D eigenvalue weighted by molar-refractivity contribution is 6.32. The molecule has 0 spiro atoms. The number of halogens is 1. The molecule has 0 aromatic heterocycles. The number of carboxylic acids is 1. The zero-order valence-corrected chi connectivity index (χ0v) is 13.3. The van der Waals surface area contributed by atoms with E-state index in [2.05, 4.69) is 4.90 Å². The molecule has 1 atom stereocenters. The largest absolute Gasteiger partial charge is 0.495 e. The molecule has 21 heavy (non-hydrogen) atoms. The summed E-state index contributed by atoms with van der Waals surface area (Å²) in [6.45, 7) is 4.21. The minimum atomic E-state index is -0.678. The van der Waals surface area contributed by atoms with Crippen molar-refractivity contribution >= 4 is 17.6 Å². The van der Waals surface area contributed by atoms with Gasteiger partial charge in [0, 0.05) is 13.1 Å². The van der Waals surface area contributed by atoms with Crippen LogP contribution in [0.2, 0.25) is 5.02 Å². The second-order valence-electron chi connectivity index (χ2n) is 5.72. The van der Waals surface area contributed by atoms with Crippen molar-refractivity contribution in [2.75, 3.05) is 20.2 Å². The molecule has 1 N–H and O–H groups in total. The lowest BCUT2D eigenvalue weighted by Crippen LogP contribution is -2.47. The Labute approximate surface area is 130 Å². The van der Waals surface area contributed by atoms with Crippen LogP contribution >= 0.6 is 11.6 Å². The highest BCUT2D eigenvalue weighted by Gasteiger charge is 2.40. The fourth-order valence-electron chi connectivity index (χ4n) is 3.04. The number of hydrogen-bond donors (Lipinski definition) is 1. The summed E-state index contributed by atoms with van der Waals surface area (Å²) in [6.07, 6.45) is 2.35. The first-order chi connectivity index (χ1) is 10.0. The van der Waals surface area contributed by atoms with Crippen LogP contribution in [0.15, 0.2) is 18.2 Å². The quantitative estimate of drug-likeness (QED) is 0.905. The van der Waals surface area contributed by atoms with Crippen LogP contribution in [-0.2, 0) is 11.3 Å². The molecule has 0 amide bonds. The average Bonchev–Trinajstić information content (AvgIpc) is 2.47. The molecule has 1 saturated heterocycles. The second-order valence-corrected chi connectivity index (χ2v) is 6.13. The van der Waals surface area contributed by atoms with Crippen molar-refractivity contribution < 1.29 is 14.6 Å². The molecule has 1 aromatic carbocycles. The molecule has 116 valence electrons. The summed E-state index contributed by atoms with van der Waals surface area (Å²) < 4.78 is 5.15. The average molecular weight is 312 g/mol. The van der Waals surface area contributed by atoms with Gasteiger partial charge in [-0.25, -0.2) is 0 Å². The topological polar surface area (TPSA) is 49.8 Å². The fourth-order valence-corrected chi connectivity index (χ4v) is 3.32. The van der Waals surface area contributed by atoms with Gasteiger partial charge in [-0.15, -0.1) is 0 Å². The monoisotopic (exact) mass is 311 g/mol. The normalized spacial score (nSPS) is 23.0. The van der Waals surface area contributed by atoms with E-state index in [0.717, 1.165) is 31.5 Å². The molecule has 1 unspecified atom stereocenters. The zero-order chi connectivity index (χ0) is 15.5. The van der Waals surface area contributed by atoms with Crippen molar-refractivity contribution in [2.24, 2.45) is 5.41 Å². The van der Waals surface area contributed by atoms with Crippen molar-refractivity contribution in [3.05, 3.63) is 28.8 Å². The molecule has 1 fully saturated rings. The van der Waals surface area contributed by atoms with Gasteiger partial charge in [-0.1, -0.05) is 24.6 Å². The first kappa shape index (κ1) is 16.1. The summed E-state index contributed by atoms with van der Waals surface area (Å²) in [5.41, 5.74) is 0.479. The van der Waals surface area contributed by atoms with Crippen molar-refractivity contribution in [1.82, 2.24) is 4.90 Å². The molecule has 0 bridgehead atoms. The summed E-state index contributed by atoms with van der Waals surface area (Å²) in [4.78, 5) is 13.8. The van der Waals surface area contributed by atoms with Crippen LogP contribution in [-0.4, -0.2) is 36.2 Å². The number of aliphatic carboxylic acids is 1. The summed E-state index contributed by atoms with van der Waals surface area (Å²) in [7, 11) is 1.59. The number of carbonyl (C=O) groups is 1. The van der Waals surface area contributed by atoms with Gasteiger partial charge in [0.2, 0.25) is 0 Å². The third-order valence-electron chi connectivity index (χ3n) is 4.41. The maximum absolute atomic E-state index is 11.6. The molecular weight excluding hydrogens is 290 g/mol. The maximum atomic E-state index is 11.6. The van der Waals surface area contributed by atoms with E-state index in [9.17, 15) is 9.90 Å². The van der Waals surface area contributed by atoms with Gasteiger partial charge >= 0.3 is 5.97 Å². The number of benzene rings is 1. The van der Waals surface area contributed by atoms with Crippen LogP contribution in [0.4, 0.5) is 0 Å². The van der Waals surface area contributed by atoms with E-state index in [1.807, 2.05) is 25.1 Å². The lowest BCUT2D eigenvalue weighted by molar-refractivity contribution is -0.153. The Bertz CT molecular complexity index is 520. The number of methoxy groups -OCH3 is 1. The van der Waals surface area contributed by atoms with E-state index >= 15 is 0 Å². The Kier molecular flexibility index (Phi) is 5.12. The molecule has 1 aliphatic rings. The van der Waals surface area contributed by atoms with Crippen molar-refractivity contribution in [3.8, 4) is 5.75 Å². The highest BCUT2D eigenvalue weighted by atomic mass is 35.5. The molecule has 5 heteroatoms. The van der Waals surface area contributed by atoms with Crippen molar-refractivity contribution in [1.29, 1.82) is 0 Å². The lowest BCUT2D eigenvalue weighted by atomic mass is 9.77. The lowest BCUT2D eigenvalue weighted by Gasteiger charge is -2.39. The van der Waals surface area contributed by atoms with Crippen LogP contribution in [0.25, 0.3) is 0 Å². The SMILES string of the molecule is CCC1(C(=O)O)CCCN(Cc2ccc(OC)c(Cl)c2)C1. The second kappa shape index (κ2) is 6.67. The number of piperidine rings is 1. The first-order valence-corrected chi connectivity index (χ1v) is 7.67. The molecule has 4 nitrogen and oxygen atoms in total. The summed E-state index contributed by atoms with van der Waals surface area (Å²) in [6, 6.07) is 5.73. The van der Waals surface area contributed by atoms with Gasteiger partial charge in [0.25, 0.3) is 0 Å². The predicted octanol–water partition coefficient (Wildman–Crippen LogP) is 3.43. The fraction of sp³-hybridized carbons (Fsp3) is 0.562. The van der Waals surface area contributed by atoms with Gasteiger partial charge in [0.1, 0.15) is 5.75 Å². The van der Waals surface area contributed by atoms with Gasteiger partial charge in [0.15, 0.2) is 0 Å². The Morgan fingerprint density at radius 1 is 1.52 bits per heavy atom. The number of hydrogen-bond acceptors (Lipinski definition) is 3. The van der Waals surface area contributed by atoms with Gasteiger partial charge in [-0.2, -0.15) is 0 Å². The number of carboxylic acid groups (broad SMARTS) is 1. The minimum Gasteiger partial charge on any atom is -0.495 e. The number of ether oxygens (including phenoxy) is 1. The van der Waals surface area contributed by atoms with Gasteiger partial charge < -0.3 is 9.84 Å². The summed E-state index contributed by atoms with van der Waals surface area (Å²) in [5.74, 6) is -0.0186. The number of rotatable bonds is 5. The van der Waals surface area contributed by atoms with E-state index in [1.54, 1.807) is 7.11 Å². The minimum absolute atomic E-state index is 0.590. The maximum Gasteiger partial charge on any atom is 0.310 e. The summed E-state index contributed by atoms with van der Waals surface area (Å²) in [5, 5.41) is 10.1. The van der Waals surface area contributed by atoms with E-state index in [4.69, 9.17) is 16.3 Å². The van der Waals surface area contributed by atoms with Crippen LogP contribution in [0.1, 0.15) is 31.7 Å². The Morgan fingerprint density at radius 2 is 2.29 bits per heavy atom. The smallest absolute Gasteiger partial charge is 0.310 e. The molecular formula is C16H22ClNO3. The van der Waals surface area contributed by atoms with Gasteiger partial charge in [-0.05, 0) is 43.5 Å². The molecule has 0 radical (unpaired) electrons. The molecule has 2 rings (SSSR count). The zero-order valence-electron chi connectivity index (χ0n) is 12.6. The number of nitrogens with zero attached hydrogens (tertiary/aromatic N) is 1. The predicted molar refractivity (Wildman–Crippen MR) is 82.9 cm³/mol. The van der Waals surface area contributed by atoms with Crippen LogP contribution < -0.4 is 4.74 Å². The van der Waals surface area contributed by atoms with E-state index < -0.39 is 11.4 Å².